The monoisotopic (exact) mass is 358 g/mol. The van der Waals surface area contributed by atoms with E-state index >= 15 is 0 Å². The van der Waals surface area contributed by atoms with Crippen LogP contribution >= 0.6 is 12.4 Å². The number of carbonyl (C=O) groups excluding carboxylic acids is 2. The van der Waals surface area contributed by atoms with Crippen LogP contribution in [0, 0.1) is 0 Å². The second kappa shape index (κ2) is 10.9. The van der Waals surface area contributed by atoms with E-state index in [2.05, 4.69) is 10.6 Å². The molecule has 0 fully saturated rings. The number of alkyl carbamates (subject to hydrolysis) is 1. The second-order valence-corrected chi connectivity index (χ2v) is 6.20. The molecule has 0 radical (unpaired) electrons. The predicted molar refractivity (Wildman–Crippen MR) is 95.2 cm³/mol. The number of nitrogens with one attached hydrogen (secondary N) is 2. The highest BCUT2D eigenvalue weighted by molar-refractivity contribution is 5.85. The van der Waals surface area contributed by atoms with E-state index in [1.54, 1.807) is 27.7 Å². The molecule has 1 amide bonds. The number of rotatable bonds is 7. The molecule has 0 spiro atoms. The number of amides is 1. The molecule has 0 saturated carbocycles. The van der Waals surface area contributed by atoms with Crippen molar-refractivity contribution in [2.24, 2.45) is 0 Å². The van der Waals surface area contributed by atoms with Crippen LogP contribution in [0.4, 0.5) is 4.79 Å². The molecule has 1 aromatic carbocycles. The zero-order valence-corrected chi connectivity index (χ0v) is 15.4. The van der Waals surface area contributed by atoms with Crippen LogP contribution in [0.1, 0.15) is 33.3 Å². The summed E-state index contributed by atoms with van der Waals surface area (Å²) in [5.41, 5.74) is 0.422. The Morgan fingerprint density at radius 1 is 1.12 bits per heavy atom. The van der Waals surface area contributed by atoms with Crippen LogP contribution in [0.5, 0.6) is 0 Å². The van der Waals surface area contributed by atoms with E-state index in [0.29, 0.717) is 13.1 Å². The fourth-order valence-electron chi connectivity index (χ4n) is 1.70. The van der Waals surface area contributed by atoms with Crippen LogP contribution in [-0.2, 0) is 20.9 Å². The minimum absolute atomic E-state index is 0. The molecule has 1 aromatic rings. The molecule has 0 aliphatic carbocycles. The molecule has 0 aliphatic rings. The van der Waals surface area contributed by atoms with Crippen molar-refractivity contribution < 1.29 is 19.1 Å². The molecule has 136 valence electrons. The molecular weight excluding hydrogens is 332 g/mol. The predicted octanol–water partition coefficient (Wildman–Crippen LogP) is 2.65. The summed E-state index contributed by atoms with van der Waals surface area (Å²) < 4.78 is 10.3. The van der Waals surface area contributed by atoms with E-state index in [9.17, 15) is 9.59 Å². The van der Waals surface area contributed by atoms with E-state index in [1.807, 2.05) is 30.3 Å². The van der Waals surface area contributed by atoms with Gasteiger partial charge in [0.25, 0.3) is 0 Å². The summed E-state index contributed by atoms with van der Waals surface area (Å²) in [5.74, 6) is -0.328. The minimum atomic E-state index is -0.522. The summed E-state index contributed by atoms with van der Waals surface area (Å²) in [6.45, 7) is 8.19. The van der Waals surface area contributed by atoms with Gasteiger partial charge in [0.2, 0.25) is 0 Å². The Hall–Kier alpha value is -1.79. The van der Waals surface area contributed by atoms with Crippen molar-refractivity contribution in [1.29, 1.82) is 0 Å². The third-order valence-corrected chi connectivity index (χ3v) is 2.82. The second-order valence-electron chi connectivity index (χ2n) is 6.20. The minimum Gasteiger partial charge on any atom is -0.460 e. The van der Waals surface area contributed by atoms with Gasteiger partial charge in [-0.1, -0.05) is 30.3 Å². The Balaban J connectivity index is 0.00000529. The quantitative estimate of drug-likeness (QED) is 0.579. The Morgan fingerprint density at radius 2 is 1.75 bits per heavy atom. The summed E-state index contributed by atoms with van der Waals surface area (Å²) >= 11 is 0. The smallest absolute Gasteiger partial charge is 0.407 e. The lowest BCUT2D eigenvalue weighted by Crippen LogP contribution is -2.41. The molecule has 0 aromatic heterocycles. The van der Waals surface area contributed by atoms with E-state index in [4.69, 9.17) is 9.47 Å². The third-order valence-electron chi connectivity index (χ3n) is 2.82. The zero-order valence-electron chi connectivity index (χ0n) is 14.6. The van der Waals surface area contributed by atoms with Gasteiger partial charge >= 0.3 is 12.1 Å². The molecule has 0 aliphatic heterocycles. The maximum atomic E-state index is 11.8. The molecule has 1 atom stereocenters. The number of esters is 1. The van der Waals surface area contributed by atoms with E-state index in [1.165, 1.54) is 0 Å². The first-order chi connectivity index (χ1) is 10.8. The molecule has 7 heteroatoms. The number of halogens is 1. The number of hydrogen-bond donors (Lipinski definition) is 2. The van der Waals surface area contributed by atoms with Crippen molar-refractivity contribution in [3.05, 3.63) is 35.9 Å². The van der Waals surface area contributed by atoms with Gasteiger partial charge in [0.05, 0.1) is 0 Å². The first kappa shape index (κ1) is 22.2. The van der Waals surface area contributed by atoms with Gasteiger partial charge in [-0.15, -0.1) is 12.4 Å². The number of ether oxygens (including phenoxy) is 2. The van der Waals surface area contributed by atoms with Gasteiger partial charge < -0.3 is 20.1 Å². The van der Waals surface area contributed by atoms with Gasteiger partial charge in [-0.05, 0) is 33.3 Å². The maximum Gasteiger partial charge on any atom is 0.407 e. The fraction of sp³-hybridized carbons (Fsp3) is 0.529. The molecule has 1 unspecified atom stereocenters. The maximum absolute atomic E-state index is 11.8. The third kappa shape index (κ3) is 10.1. The van der Waals surface area contributed by atoms with Crippen LogP contribution in [0.2, 0.25) is 0 Å². The van der Waals surface area contributed by atoms with Gasteiger partial charge in [0.15, 0.2) is 0 Å². The highest BCUT2D eigenvalue weighted by Gasteiger charge is 2.16. The summed E-state index contributed by atoms with van der Waals surface area (Å²) in [6.07, 6.45) is -0.474. The van der Waals surface area contributed by atoms with Crippen LogP contribution in [-0.4, -0.2) is 36.8 Å². The Labute approximate surface area is 149 Å². The van der Waals surface area contributed by atoms with Crippen molar-refractivity contribution in [1.82, 2.24) is 10.6 Å². The van der Waals surface area contributed by atoms with Crippen molar-refractivity contribution in [2.45, 2.75) is 45.9 Å². The highest BCUT2D eigenvalue weighted by Crippen LogP contribution is 2.06. The van der Waals surface area contributed by atoms with Gasteiger partial charge in [-0.25, -0.2) is 4.79 Å². The molecule has 6 nitrogen and oxygen atoms in total. The lowest BCUT2D eigenvalue weighted by molar-refractivity contribution is -0.147. The Bertz CT molecular complexity index is 503. The molecule has 0 bridgehead atoms. The van der Waals surface area contributed by atoms with Crippen molar-refractivity contribution >= 4 is 24.5 Å². The fourth-order valence-corrected chi connectivity index (χ4v) is 1.70. The molecule has 0 saturated heterocycles. The zero-order chi connectivity index (χ0) is 17.3. The van der Waals surface area contributed by atoms with Crippen LogP contribution < -0.4 is 10.6 Å². The van der Waals surface area contributed by atoms with Crippen LogP contribution in [0.15, 0.2) is 30.3 Å². The molecular formula is C17H27ClN2O4. The van der Waals surface area contributed by atoms with E-state index in [-0.39, 0.29) is 25.0 Å². The van der Waals surface area contributed by atoms with Crippen molar-refractivity contribution in [3.63, 3.8) is 0 Å². The van der Waals surface area contributed by atoms with E-state index in [0.717, 1.165) is 5.56 Å². The standard InChI is InChI=1S/C17H26N2O4.ClH/c1-13(15(20)22-12-14-8-6-5-7-9-14)18-10-11-19-16(21)23-17(2,3)4;/h5-9,13,18H,10-12H2,1-4H3,(H,19,21);1H. The van der Waals surface area contributed by atoms with Gasteiger partial charge in [0.1, 0.15) is 18.2 Å². The molecule has 24 heavy (non-hydrogen) atoms. The average Bonchev–Trinajstić information content (AvgIpc) is 2.48. The normalized spacial score (nSPS) is 11.8. The SMILES string of the molecule is CC(NCCNC(=O)OC(C)(C)C)C(=O)OCc1ccccc1.Cl. The average molecular weight is 359 g/mol. The summed E-state index contributed by atoms with van der Waals surface area (Å²) in [5, 5.41) is 5.61. The van der Waals surface area contributed by atoms with Gasteiger partial charge in [-0.2, -0.15) is 0 Å². The Kier molecular flexibility index (Phi) is 10.1. The lowest BCUT2D eigenvalue weighted by Gasteiger charge is -2.20. The van der Waals surface area contributed by atoms with Gasteiger partial charge in [-0.3, -0.25) is 4.79 Å². The van der Waals surface area contributed by atoms with Crippen molar-refractivity contribution in [3.8, 4) is 0 Å². The van der Waals surface area contributed by atoms with Crippen molar-refractivity contribution in [2.75, 3.05) is 13.1 Å². The van der Waals surface area contributed by atoms with Gasteiger partial charge in [0, 0.05) is 13.1 Å². The van der Waals surface area contributed by atoms with Crippen LogP contribution in [0.25, 0.3) is 0 Å². The van der Waals surface area contributed by atoms with E-state index < -0.39 is 17.7 Å². The number of benzene rings is 1. The topological polar surface area (TPSA) is 76.7 Å². The number of carbonyl (C=O) groups is 2. The molecule has 1 rings (SSSR count). The summed E-state index contributed by atoms with van der Waals surface area (Å²) in [6, 6.07) is 9.05. The summed E-state index contributed by atoms with van der Waals surface area (Å²) in [7, 11) is 0. The highest BCUT2D eigenvalue weighted by atomic mass is 35.5. The summed E-state index contributed by atoms with van der Waals surface area (Å²) in [4.78, 5) is 23.3. The number of hydrogen-bond acceptors (Lipinski definition) is 5. The largest absolute Gasteiger partial charge is 0.460 e. The lowest BCUT2D eigenvalue weighted by atomic mass is 10.2. The molecule has 0 heterocycles. The Morgan fingerprint density at radius 3 is 2.33 bits per heavy atom. The first-order valence-electron chi connectivity index (χ1n) is 7.69. The molecule has 2 N–H and O–H groups in total. The van der Waals surface area contributed by atoms with Crippen LogP contribution in [0.3, 0.4) is 0 Å². The first-order valence-corrected chi connectivity index (χ1v) is 7.69.